The molecule has 0 radical (unpaired) electrons. The minimum absolute atomic E-state index is 0.617. The Kier molecular flexibility index (Phi) is 4.90. The summed E-state index contributed by atoms with van der Waals surface area (Å²) in [5.74, 6) is 0.617. The summed E-state index contributed by atoms with van der Waals surface area (Å²) in [7, 11) is 4.83. The van der Waals surface area contributed by atoms with E-state index in [0.717, 1.165) is 22.1 Å². The van der Waals surface area contributed by atoms with Crippen molar-refractivity contribution >= 4 is 28.8 Å². The average Bonchev–Trinajstić information content (AvgIpc) is 2.77. The van der Waals surface area contributed by atoms with E-state index in [9.17, 15) is 0 Å². The van der Waals surface area contributed by atoms with Gasteiger partial charge in [0.2, 0.25) is 0 Å². The summed E-state index contributed by atoms with van der Waals surface area (Å²) in [5, 5.41) is 1.55. The smallest absolute Gasteiger partial charge is 0.0896 e. The van der Waals surface area contributed by atoms with E-state index in [4.69, 9.17) is 23.2 Å². The summed E-state index contributed by atoms with van der Waals surface area (Å²) in [4.78, 5) is 0. The monoisotopic (exact) mass is 386 g/mol. The first kappa shape index (κ1) is 18.1. The molecule has 2 aliphatic rings. The van der Waals surface area contributed by atoms with Crippen LogP contribution in [0.3, 0.4) is 0 Å². The number of halogens is 2. The fourth-order valence-corrected chi connectivity index (χ4v) is 5.35. The van der Waals surface area contributed by atoms with Crippen LogP contribution in [0.15, 0.2) is 54.6 Å². The fraction of sp³-hybridized carbons (Fsp3) is 0.391. The first-order valence-electron chi connectivity index (χ1n) is 9.50. The van der Waals surface area contributed by atoms with Gasteiger partial charge in [-0.15, -0.1) is 0 Å². The largest absolute Gasteiger partial charge is 0.324 e. The van der Waals surface area contributed by atoms with E-state index in [-0.39, 0.29) is 0 Å². The summed E-state index contributed by atoms with van der Waals surface area (Å²) in [6.07, 6.45) is 7.77. The molecule has 2 unspecified atom stereocenters. The Balaban J connectivity index is 1.73. The number of piperidine rings is 1. The number of hydrogen-bond donors (Lipinski definition) is 0. The topological polar surface area (TPSA) is 0 Å². The van der Waals surface area contributed by atoms with Gasteiger partial charge in [-0.05, 0) is 46.9 Å². The van der Waals surface area contributed by atoms with Crippen LogP contribution in [0.1, 0.15) is 36.8 Å². The van der Waals surface area contributed by atoms with E-state index < -0.39 is 0 Å². The van der Waals surface area contributed by atoms with E-state index >= 15 is 0 Å². The zero-order valence-corrected chi connectivity index (χ0v) is 17.0. The Bertz CT molecular complexity index is 776. The van der Waals surface area contributed by atoms with Gasteiger partial charge < -0.3 is 4.48 Å². The molecule has 0 N–H and O–H groups in total. The lowest BCUT2D eigenvalue weighted by atomic mass is 9.85. The van der Waals surface area contributed by atoms with Crippen LogP contribution in [-0.4, -0.2) is 30.7 Å². The van der Waals surface area contributed by atoms with Crippen molar-refractivity contribution < 1.29 is 4.48 Å². The third kappa shape index (κ3) is 3.45. The highest BCUT2D eigenvalue weighted by Crippen LogP contribution is 2.43. The summed E-state index contributed by atoms with van der Waals surface area (Å²) < 4.78 is 1.20. The number of benzene rings is 2. The number of allylic oxidation sites excluding steroid dienone is 1. The summed E-state index contributed by atoms with van der Waals surface area (Å²) in [6, 6.07) is 17.9. The van der Waals surface area contributed by atoms with E-state index in [1.165, 1.54) is 46.9 Å². The molecule has 26 heavy (non-hydrogen) atoms. The number of rotatable bonds is 3. The zero-order valence-electron chi connectivity index (χ0n) is 15.5. The van der Waals surface area contributed by atoms with Gasteiger partial charge >= 0.3 is 0 Å². The Morgan fingerprint density at radius 1 is 0.885 bits per heavy atom. The molecule has 2 fully saturated rings. The highest BCUT2D eigenvalue weighted by molar-refractivity contribution is 6.31. The summed E-state index contributed by atoms with van der Waals surface area (Å²) in [5.41, 5.74) is 3.60. The van der Waals surface area contributed by atoms with Gasteiger partial charge in [0.1, 0.15) is 0 Å². The molecule has 2 atom stereocenters. The Hall–Kier alpha value is -1.28. The molecule has 0 saturated carbocycles. The Morgan fingerprint density at radius 2 is 1.38 bits per heavy atom. The molecule has 0 spiro atoms. The molecular weight excluding hydrogens is 361 g/mol. The summed E-state index contributed by atoms with van der Waals surface area (Å²) in [6.45, 7) is 0. The minimum atomic E-state index is 0.617. The normalized spacial score (nSPS) is 26.5. The summed E-state index contributed by atoms with van der Waals surface area (Å²) >= 11 is 12.6. The van der Waals surface area contributed by atoms with Crippen molar-refractivity contribution in [2.45, 2.75) is 37.8 Å². The fourth-order valence-electron chi connectivity index (χ4n) is 4.97. The molecule has 0 aromatic heterocycles. The lowest BCUT2D eigenvalue weighted by molar-refractivity contribution is -0.931. The van der Waals surface area contributed by atoms with Crippen LogP contribution in [0.2, 0.25) is 10.0 Å². The molecule has 2 aromatic rings. The van der Waals surface area contributed by atoms with Crippen LogP contribution in [0.25, 0.3) is 5.57 Å². The standard InChI is InChI=1S/C23H26Cl2N/c1-26(2)21-9-10-22(26)12-16(11-21)13-23(17-5-3-7-19(24)14-17)18-6-4-8-20(25)15-18/h3-8,13-16,21-22H,9-12H2,1-2H3/q+1. The van der Waals surface area contributed by atoms with Gasteiger partial charge in [-0.25, -0.2) is 0 Å². The molecule has 2 heterocycles. The second-order valence-electron chi connectivity index (χ2n) is 8.35. The maximum Gasteiger partial charge on any atom is 0.0896 e. The zero-order chi connectivity index (χ0) is 18.3. The van der Waals surface area contributed by atoms with E-state index in [0.29, 0.717) is 5.92 Å². The van der Waals surface area contributed by atoms with Crippen LogP contribution in [0.4, 0.5) is 0 Å². The number of fused-ring (bicyclic) bond motifs is 2. The minimum Gasteiger partial charge on any atom is -0.324 e. The maximum absolute atomic E-state index is 6.29. The van der Waals surface area contributed by atoms with Crippen molar-refractivity contribution in [1.29, 1.82) is 0 Å². The number of hydrogen-bond acceptors (Lipinski definition) is 0. The van der Waals surface area contributed by atoms with Gasteiger partial charge in [-0.2, -0.15) is 0 Å². The highest BCUT2D eigenvalue weighted by Gasteiger charge is 2.48. The van der Waals surface area contributed by atoms with Crippen LogP contribution in [-0.2, 0) is 0 Å². The van der Waals surface area contributed by atoms with Crippen molar-refractivity contribution in [3.63, 3.8) is 0 Å². The molecule has 2 bridgehead atoms. The van der Waals surface area contributed by atoms with E-state index in [1.54, 1.807) is 0 Å². The Morgan fingerprint density at radius 3 is 1.85 bits per heavy atom. The molecule has 0 aliphatic carbocycles. The molecule has 2 saturated heterocycles. The van der Waals surface area contributed by atoms with Gasteiger partial charge in [0.25, 0.3) is 0 Å². The highest BCUT2D eigenvalue weighted by atomic mass is 35.5. The quantitative estimate of drug-likeness (QED) is 0.532. The lowest BCUT2D eigenvalue weighted by Gasteiger charge is -2.44. The molecule has 2 aromatic carbocycles. The van der Waals surface area contributed by atoms with Crippen LogP contribution >= 0.6 is 23.2 Å². The van der Waals surface area contributed by atoms with Crippen LogP contribution in [0, 0.1) is 5.92 Å². The van der Waals surface area contributed by atoms with Crippen molar-refractivity contribution in [2.75, 3.05) is 14.1 Å². The van der Waals surface area contributed by atoms with E-state index in [1.807, 2.05) is 24.3 Å². The predicted molar refractivity (Wildman–Crippen MR) is 112 cm³/mol. The SMILES string of the molecule is C[N+]1(C)C2CCC1CC(C=C(c1cccc(Cl)c1)c1cccc(Cl)c1)C2. The van der Waals surface area contributed by atoms with Crippen molar-refractivity contribution in [2.24, 2.45) is 5.92 Å². The van der Waals surface area contributed by atoms with Gasteiger partial charge in [0.15, 0.2) is 0 Å². The third-order valence-corrected chi connectivity index (χ3v) is 7.01. The molecule has 3 heteroatoms. The first-order valence-corrected chi connectivity index (χ1v) is 10.3. The van der Waals surface area contributed by atoms with Crippen molar-refractivity contribution in [1.82, 2.24) is 0 Å². The average molecular weight is 387 g/mol. The van der Waals surface area contributed by atoms with Crippen LogP contribution < -0.4 is 0 Å². The third-order valence-electron chi connectivity index (χ3n) is 6.54. The van der Waals surface area contributed by atoms with Gasteiger partial charge in [-0.3, -0.25) is 0 Å². The van der Waals surface area contributed by atoms with Gasteiger partial charge in [-0.1, -0.05) is 53.5 Å². The van der Waals surface area contributed by atoms with Gasteiger partial charge in [0, 0.05) is 35.7 Å². The molecule has 136 valence electrons. The molecule has 0 amide bonds. The maximum atomic E-state index is 6.29. The molecule has 2 aliphatic heterocycles. The van der Waals surface area contributed by atoms with E-state index in [2.05, 4.69) is 44.4 Å². The molecule has 1 nitrogen and oxygen atoms in total. The van der Waals surface area contributed by atoms with Crippen molar-refractivity contribution in [3.8, 4) is 0 Å². The second kappa shape index (κ2) is 7.03. The number of quaternary nitrogens is 1. The first-order chi connectivity index (χ1) is 12.4. The van der Waals surface area contributed by atoms with Crippen molar-refractivity contribution in [3.05, 3.63) is 75.8 Å². The van der Waals surface area contributed by atoms with Crippen LogP contribution in [0.5, 0.6) is 0 Å². The Labute approximate surface area is 166 Å². The molecule has 4 rings (SSSR count). The second-order valence-corrected chi connectivity index (χ2v) is 9.22. The number of nitrogens with zero attached hydrogens (tertiary/aromatic N) is 1. The predicted octanol–water partition coefficient (Wildman–Crippen LogP) is 6.44. The molecular formula is C23H26Cl2N+. The lowest BCUT2D eigenvalue weighted by Crippen LogP contribution is -2.54. The van der Waals surface area contributed by atoms with Gasteiger partial charge in [0.05, 0.1) is 26.2 Å².